The zero-order chi connectivity index (χ0) is 17.8. The maximum Gasteiger partial charge on any atom is 0.238 e. The van der Waals surface area contributed by atoms with Gasteiger partial charge < -0.3 is 10.6 Å². The van der Waals surface area contributed by atoms with Crippen molar-refractivity contribution in [2.45, 2.75) is 19.9 Å². The molecule has 130 valence electrons. The summed E-state index contributed by atoms with van der Waals surface area (Å²) >= 11 is 0. The molecule has 2 aromatic rings. The van der Waals surface area contributed by atoms with Gasteiger partial charge in [-0.25, -0.2) is 4.39 Å². The van der Waals surface area contributed by atoms with E-state index in [1.165, 1.54) is 13.0 Å². The number of carbonyl (C=O) groups is 2. The summed E-state index contributed by atoms with van der Waals surface area (Å²) in [6, 6.07) is 11.9. The molecule has 1 aliphatic heterocycles. The second-order valence-corrected chi connectivity index (χ2v) is 6.11. The third kappa shape index (κ3) is 4.22. The lowest BCUT2D eigenvalue weighted by Gasteiger charge is -2.29. The van der Waals surface area contributed by atoms with Crippen LogP contribution in [0.4, 0.5) is 15.8 Å². The van der Waals surface area contributed by atoms with Gasteiger partial charge in [0, 0.05) is 25.7 Å². The van der Waals surface area contributed by atoms with Gasteiger partial charge in [0.15, 0.2) is 0 Å². The smallest absolute Gasteiger partial charge is 0.238 e. The SMILES string of the molecule is CC(=O)Nc1cccc2c1CCN(CC(=O)Nc1ccccc1F)C2. The number of nitrogens with zero attached hydrogens (tertiary/aromatic N) is 1. The minimum atomic E-state index is -0.445. The van der Waals surface area contributed by atoms with Crippen LogP contribution in [0.15, 0.2) is 42.5 Å². The molecule has 0 fully saturated rings. The number of para-hydroxylation sites is 1. The van der Waals surface area contributed by atoms with Crippen LogP contribution >= 0.6 is 0 Å². The summed E-state index contributed by atoms with van der Waals surface area (Å²) in [6.45, 7) is 3.00. The van der Waals surface area contributed by atoms with Crippen molar-refractivity contribution in [3.8, 4) is 0 Å². The van der Waals surface area contributed by atoms with E-state index < -0.39 is 5.82 Å². The Morgan fingerprint density at radius 3 is 2.60 bits per heavy atom. The van der Waals surface area contributed by atoms with Crippen LogP contribution in [0.25, 0.3) is 0 Å². The molecule has 0 saturated heterocycles. The van der Waals surface area contributed by atoms with Gasteiger partial charge in [0.2, 0.25) is 11.8 Å². The molecular formula is C19H20FN3O2. The number of anilines is 2. The average molecular weight is 341 g/mol. The first-order chi connectivity index (χ1) is 12.0. The minimum Gasteiger partial charge on any atom is -0.326 e. The lowest BCUT2D eigenvalue weighted by atomic mass is 9.97. The van der Waals surface area contributed by atoms with Crippen LogP contribution in [0.2, 0.25) is 0 Å². The highest BCUT2D eigenvalue weighted by atomic mass is 19.1. The topological polar surface area (TPSA) is 61.4 Å². The van der Waals surface area contributed by atoms with Gasteiger partial charge in [-0.05, 0) is 35.7 Å². The molecule has 0 bridgehead atoms. The molecule has 1 aliphatic rings. The molecule has 2 aromatic carbocycles. The van der Waals surface area contributed by atoms with Crippen LogP contribution < -0.4 is 10.6 Å². The quantitative estimate of drug-likeness (QED) is 0.899. The summed E-state index contributed by atoms with van der Waals surface area (Å²) in [7, 11) is 0. The predicted octanol–water partition coefficient (Wildman–Crippen LogP) is 2.78. The van der Waals surface area contributed by atoms with Gasteiger partial charge in [0.05, 0.1) is 12.2 Å². The number of rotatable bonds is 4. The van der Waals surface area contributed by atoms with Crippen LogP contribution in [0, 0.1) is 5.82 Å². The summed E-state index contributed by atoms with van der Waals surface area (Å²) in [4.78, 5) is 25.5. The summed E-state index contributed by atoms with van der Waals surface area (Å²) in [5, 5.41) is 5.46. The van der Waals surface area contributed by atoms with Crippen molar-refractivity contribution < 1.29 is 14.0 Å². The van der Waals surface area contributed by atoms with E-state index in [0.29, 0.717) is 13.1 Å². The Bertz CT molecular complexity index is 807. The summed E-state index contributed by atoms with van der Waals surface area (Å²) in [5.41, 5.74) is 3.23. The third-order valence-electron chi connectivity index (χ3n) is 4.17. The summed E-state index contributed by atoms with van der Waals surface area (Å²) in [5.74, 6) is -0.786. The maximum absolute atomic E-state index is 13.6. The number of hydrogen-bond acceptors (Lipinski definition) is 3. The van der Waals surface area contributed by atoms with Gasteiger partial charge in [-0.1, -0.05) is 24.3 Å². The van der Waals surface area contributed by atoms with Crippen LogP contribution in [0.5, 0.6) is 0 Å². The zero-order valence-corrected chi connectivity index (χ0v) is 14.0. The van der Waals surface area contributed by atoms with Crippen molar-refractivity contribution in [2.75, 3.05) is 23.7 Å². The van der Waals surface area contributed by atoms with E-state index in [-0.39, 0.29) is 24.0 Å². The van der Waals surface area contributed by atoms with Crippen LogP contribution in [-0.2, 0) is 22.6 Å². The van der Waals surface area contributed by atoms with Crippen LogP contribution in [-0.4, -0.2) is 29.8 Å². The molecule has 0 saturated carbocycles. The van der Waals surface area contributed by atoms with Gasteiger partial charge >= 0.3 is 0 Å². The molecule has 6 heteroatoms. The van der Waals surface area contributed by atoms with Crippen LogP contribution in [0.3, 0.4) is 0 Å². The Morgan fingerprint density at radius 1 is 1.08 bits per heavy atom. The van der Waals surface area contributed by atoms with Gasteiger partial charge in [-0.3, -0.25) is 14.5 Å². The Balaban J connectivity index is 1.64. The molecule has 3 rings (SSSR count). The molecule has 0 aliphatic carbocycles. The molecule has 2 N–H and O–H groups in total. The molecule has 25 heavy (non-hydrogen) atoms. The van der Waals surface area contributed by atoms with Gasteiger partial charge in [0.25, 0.3) is 0 Å². The second kappa shape index (κ2) is 7.44. The number of benzene rings is 2. The molecule has 5 nitrogen and oxygen atoms in total. The molecule has 0 unspecified atom stereocenters. The number of nitrogens with one attached hydrogen (secondary N) is 2. The van der Waals surface area contributed by atoms with Crippen molar-refractivity contribution in [1.29, 1.82) is 0 Å². The van der Waals surface area contributed by atoms with Gasteiger partial charge in [-0.2, -0.15) is 0 Å². The number of carbonyl (C=O) groups excluding carboxylic acids is 2. The first-order valence-electron chi connectivity index (χ1n) is 8.18. The largest absolute Gasteiger partial charge is 0.326 e. The average Bonchev–Trinajstić information content (AvgIpc) is 2.56. The van der Waals surface area contributed by atoms with E-state index in [4.69, 9.17) is 0 Å². The predicted molar refractivity (Wildman–Crippen MR) is 94.8 cm³/mol. The Morgan fingerprint density at radius 2 is 1.84 bits per heavy atom. The highest BCUT2D eigenvalue weighted by Gasteiger charge is 2.21. The Kier molecular flexibility index (Phi) is 5.09. The first-order valence-corrected chi connectivity index (χ1v) is 8.18. The van der Waals surface area contributed by atoms with Crippen molar-refractivity contribution in [3.05, 3.63) is 59.4 Å². The fourth-order valence-corrected chi connectivity index (χ4v) is 3.07. The summed E-state index contributed by atoms with van der Waals surface area (Å²) in [6.07, 6.45) is 0.749. The number of fused-ring (bicyclic) bond motifs is 1. The van der Waals surface area contributed by atoms with E-state index in [1.807, 2.05) is 23.1 Å². The summed E-state index contributed by atoms with van der Waals surface area (Å²) < 4.78 is 13.6. The van der Waals surface area contributed by atoms with E-state index in [2.05, 4.69) is 10.6 Å². The standard InChI is InChI=1S/C19H20FN3O2/c1-13(24)21-17-8-4-5-14-11-23(10-9-15(14)17)12-19(25)22-18-7-3-2-6-16(18)20/h2-8H,9-12H2,1H3,(H,21,24)(H,22,25). The highest BCUT2D eigenvalue weighted by molar-refractivity contribution is 5.92. The third-order valence-corrected chi connectivity index (χ3v) is 4.17. The van der Waals surface area contributed by atoms with Gasteiger partial charge in [0.1, 0.15) is 5.82 Å². The number of halogens is 1. The van der Waals surface area contributed by atoms with Crippen molar-refractivity contribution in [2.24, 2.45) is 0 Å². The molecule has 2 amide bonds. The normalized spacial score (nSPS) is 13.8. The fourth-order valence-electron chi connectivity index (χ4n) is 3.07. The Labute approximate surface area is 145 Å². The lowest BCUT2D eigenvalue weighted by molar-refractivity contribution is -0.117. The van der Waals surface area contributed by atoms with E-state index in [1.54, 1.807) is 18.2 Å². The molecule has 0 aromatic heterocycles. The maximum atomic E-state index is 13.6. The number of amides is 2. The fraction of sp³-hybridized carbons (Fsp3) is 0.263. The molecular weight excluding hydrogens is 321 g/mol. The van der Waals surface area contributed by atoms with Crippen molar-refractivity contribution >= 4 is 23.2 Å². The highest BCUT2D eigenvalue weighted by Crippen LogP contribution is 2.26. The Hall–Kier alpha value is -2.73. The van der Waals surface area contributed by atoms with E-state index >= 15 is 0 Å². The molecule has 0 spiro atoms. The zero-order valence-electron chi connectivity index (χ0n) is 14.0. The first kappa shape index (κ1) is 17.1. The van der Waals surface area contributed by atoms with Crippen molar-refractivity contribution in [1.82, 2.24) is 4.90 Å². The number of hydrogen-bond donors (Lipinski definition) is 2. The minimum absolute atomic E-state index is 0.0971. The second-order valence-electron chi connectivity index (χ2n) is 6.11. The van der Waals surface area contributed by atoms with Crippen molar-refractivity contribution in [3.63, 3.8) is 0 Å². The molecule has 0 atom stereocenters. The van der Waals surface area contributed by atoms with E-state index in [0.717, 1.165) is 23.2 Å². The van der Waals surface area contributed by atoms with Crippen LogP contribution in [0.1, 0.15) is 18.1 Å². The molecule has 0 radical (unpaired) electrons. The monoisotopic (exact) mass is 341 g/mol. The lowest BCUT2D eigenvalue weighted by Crippen LogP contribution is -2.37. The van der Waals surface area contributed by atoms with E-state index in [9.17, 15) is 14.0 Å². The molecule has 1 heterocycles. The van der Waals surface area contributed by atoms with Gasteiger partial charge in [-0.15, -0.1) is 0 Å².